The van der Waals surface area contributed by atoms with Crippen LogP contribution in [-0.2, 0) is 6.54 Å². The topological polar surface area (TPSA) is 41.0 Å². The molecular formula is C15H22N4S. The van der Waals surface area contributed by atoms with Crippen molar-refractivity contribution in [2.45, 2.75) is 34.2 Å². The number of aromatic nitrogens is 2. The highest BCUT2D eigenvalue weighted by Gasteiger charge is 2.05. The first-order chi connectivity index (χ1) is 9.63. The molecule has 1 N–H and O–H groups in total. The molecule has 0 aliphatic rings. The summed E-state index contributed by atoms with van der Waals surface area (Å²) in [6.45, 7) is 11.2. The Balaban J connectivity index is 1.99. The first-order valence-electron chi connectivity index (χ1n) is 7.01. The van der Waals surface area contributed by atoms with Crippen molar-refractivity contribution >= 4 is 22.8 Å². The maximum atomic E-state index is 4.51. The Kier molecular flexibility index (Phi) is 4.95. The van der Waals surface area contributed by atoms with Gasteiger partial charge in [0.2, 0.25) is 0 Å². The Bertz CT molecular complexity index is 544. The van der Waals surface area contributed by atoms with Crippen LogP contribution in [0.1, 0.15) is 29.4 Å². The minimum absolute atomic E-state index is 0.809. The number of hydrogen-bond donors (Lipinski definition) is 1. The lowest BCUT2D eigenvalue weighted by Crippen LogP contribution is -2.22. The van der Waals surface area contributed by atoms with Crippen LogP contribution in [-0.4, -0.2) is 23.1 Å². The third-order valence-corrected chi connectivity index (χ3v) is 4.36. The van der Waals surface area contributed by atoms with Crippen LogP contribution in [0.5, 0.6) is 0 Å². The Morgan fingerprint density at radius 2 is 1.95 bits per heavy atom. The van der Waals surface area contributed by atoms with Gasteiger partial charge in [-0.1, -0.05) is 0 Å². The molecule has 0 bridgehead atoms. The standard InChI is InChI=1S/C15H22N4S/c1-5-19(6-2)15-8-7-13(9-17-15)16-10-14-11(3)18-12(4)20-14/h7-9,16H,5-6,10H2,1-4H3. The number of hydrogen-bond acceptors (Lipinski definition) is 5. The van der Waals surface area contributed by atoms with E-state index in [2.05, 4.69) is 53.1 Å². The van der Waals surface area contributed by atoms with Crippen molar-refractivity contribution in [1.82, 2.24) is 9.97 Å². The van der Waals surface area contributed by atoms with Gasteiger partial charge in [-0.25, -0.2) is 9.97 Å². The summed E-state index contributed by atoms with van der Waals surface area (Å²) >= 11 is 1.75. The molecule has 0 fully saturated rings. The molecule has 2 heterocycles. The predicted octanol–water partition coefficient (Wildman–Crippen LogP) is 3.61. The van der Waals surface area contributed by atoms with Crippen LogP contribution < -0.4 is 10.2 Å². The van der Waals surface area contributed by atoms with Crippen LogP contribution in [0.4, 0.5) is 11.5 Å². The van der Waals surface area contributed by atoms with Gasteiger partial charge in [0.1, 0.15) is 5.82 Å². The molecule has 0 saturated carbocycles. The van der Waals surface area contributed by atoms with Crippen molar-refractivity contribution < 1.29 is 0 Å². The zero-order valence-corrected chi connectivity index (χ0v) is 13.4. The van der Waals surface area contributed by atoms with Crippen molar-refractivity contribution in [2.24, 2.45) is 0 Å². The molecule has 108 valence electrons. The molecule has 4 nitrogen and oxygen atoms in total. The van der Waals surface area contributed by atoms with Gasteiger partial charge in [-0.05, 0) is 39.8 Å². The van der Waals surface area contributed by atoms with E-state index in [1.807, 2.05) is 13.1 Å². The molecule has 0 atom stereocenters. The van der Waals surface area contributed by atoms with E-state index in [1.165, 1.54) is 4.88 Å². The highest BCUT2D eigenvalue weighted by molar-refractivity contribution is 7.11. The zero-order valence-electron chi connectivity index (χ0n) is 12.6. The molecule has 0 spiro atoms. The number of thiazole rings is 1. The lowest BCUT2D eigenvalue weighted by atomic mass is 10.3. The highest BCUT2D eigenvalue weighted by Crippen LogP contribution is 2.19. The van der Waals surface area contributed by atoms with E-state index in [9.17, 15) is 0 Å². The summed E-state index contributed by atoms with van der Waals surface area (Å²) in [5, 5.41) is 4.53. The van der Waals surface area contributed by atoms with Gasteiger partial charge in [0.25, 0.3) is 0 Å². The number of rotatable bonds is 6. The van der Waals surface area contributed by atoms with Crippen LogP contribution in [0, 0.1) is 13.8 Å². The van der Waals surface area contributed by atoms with Gasteiger partial charge in [0.15, 0.2) is 0 Å². The summed E-state index contributed by atoms with van der Waals surface area (Å²) in [7, 11) is 0. The zero-order chi connectivity index (χ0) is 14.5. The van der Waals surface area contributed by atoms with Crippen LogP contribution in [0.15, 0.2) is 18.3 Å². The molecule has 0 amide bonds. The molecule has 0 saturated heterocycles. The average Bonchev–Trinajstić information content (AvgIpc) is 2.77. The van der Waals surface area contributed by atoms with E-state index in [0.717, 1.165) is 41.8 Å². The molecular weight excluding hydrogens is 268 g/mol. The Hall–Kier alpha value is -1.62. The number of pyridine rings is 1. The smallest absolute Gasteiger partial charge is 0.128 e. The van der Waals surface area contributed by atoms with E-state index in [1.54, 1.807) is 11.3 Å². The molecule has 2 rings (SSSR count). The molecule has 0 aromatic carbocycles. The summed E-state index contributed by atoms with van der Waals surface area (Å²) in [4.78, 5) is 12.5. The Morgan fingerprint density at radius 1 is 1.20 bits per heavy atom. The number of anilines is 2. The Labute approximate surface area is 124 Å². The van der Waals surface area contributed by atoms with E-state index in [-0.39, 0.29) is 0 Å². The SMILES string of the molecule is CCN(CC)c1ccc(NCc2sc(C)nc2C)cn1. The van der Waals surface area contributed by atoms with Gasteiger partial charge < -0.3 is 10.2 Å². The fourth-order valence-corrected chi connectivity index (χ4v) is 3.02. The normalized spacial score (nSPS) is 10.6. The predicted molar refractivity (Wildman–Crippen MR) is 86.7 cm³/mol. The average molecular weight is 290 g/mol. The molecule has 5 heteroatoms. The second kappa shape index (κ2) is 6.70. The number of nitrogens with one attached hydrogen (secondary N) is 1. The fraction of sp³-hybridized carbons (Fsp3) is 0.467. The van der Waals surface area contributed by atoms with Crippen molar-refractivity contribution in [2.75, 3.05) is 23.3 Å². The second-order valence-electron chi connectivity index (χ2n) is 4.67. The van der Waals surface area contributed by atoms with Gasteiger partial charge >= 0.3 is 0 Å². The van der Waals surface area contributed by atoms with E-state index in [0.29, 0.717) is 0 Å². The van der Waals surface area contributed by atoms with Gasteiger partial charge in [-0.2, -0.15) is 0 Å². The van der Waals surface area contributed by atoms with Crippen LogP contribution in [0.3, 0.4) is 0 Å². The van der Waals surface area contributed by atoms with E-state index < -0.39 is 0 Å². The van der Waals surface area contributed by atoms with Crippen molar-refractivity contribution in [1.29, 1.82) is 0 Å². The van der Waals surface area contributed by atoms with Gasteiger partial charge in [0.05, 0.1) is 29.1 Å². The molecule has 20 heavy (non-hydrogen) atoms. The summed E-state index contributed by atoms with van der Waals surface area (Å²) in [6.07, 6.45) is 1.90. The van der Waals surface area contributed by atoms with Crippen LogP contribution >= 0.6 is 11.3 Å². The van der Waals surface area contributed by atoms with Gasteiger partial charge in [0, 0.05) is 18.0 Å². The fourth-order valence-electron chi connectivity index (χ4n) is 2.15. The number of nitrogens with zero attached hydrogens (tertiary/aromatic N) is 3. The molecule has 0 radical (unpaired) electrons. The second-order valence-corrected chi connectivity index (χ2v) is 5.96. The first-order valence-corrected chi connectivity index (χ1v) is 7.83. The lowest BCUT2D eigenvalue weighted by Gasteiger charge is -2.19. The minimum atomic E-state index is 0.809. The quantitative estimate of drug-likeness (QED) is 0.882. The third kappa shape index (κ3) is 3.48. The van der Waals surface area contributed by atoms with Crippen LogP contribution in [0.25, 0.3) is 0 Å². The summed E-state index contributed by atoms with van der Waals surface area (Å²) in [6, 6.07) is 4.16. The van der Waals surface area contributed by atoms with Gasteiger partial charge in [-0.3, -0.25) is 0 Å². The van der Waals surface area contributed by atoms with Crippen molar-refractivity contribution in [3.05, 3.63) is 33.9 Å². The van der Waals surface area contributed by atoms with Crippen molar-refractivity contribution in [3.63, 3.8) is 0 Å². The molecule has 0 unspecified atom stereocenters. The largest absolute Gasteiger partial charge is 0.379 e. The van der Waals surface area contributed by atoms with Crippen molar-refractivity contribution in [3.8, 4) is 0 Å². The minimum Gasteiger partial charge on any atom is -0.379 e. The monoisotopic (exact) mass is 290 g/mol. The third-order valence-electron chi connectivity index (χ3n) is 3.29. The molecule has 0 aliphatic heterocycles. The summed E-state index contributed by atoms with van der Waals surface area (Å²) < 4.78 is 0. The maximum absolute atomic E-state index is 4.51. The highest BCUT2D eigenvalue weighted by atomic mass is 32.1. The Morgan fingerprint density at radius 3 is 2.45 bits per heavy atom. The maximum Gasteiger partial charge on any atom is 0.128 e. The molecule has 2 aromatic rings. The van der Waals surface area contributed by atoms with E-state index >= 15 is 0 Å². The van der Waals surface area contributed by atoms with Crippen LogP contribution in [0.2, 0.25) is 0 Å². The number of aryl methyl sites for hydroxylation is 2. The lowest BCUT2D eigenvalue weighted by molar-refractivity contribution is 0.846. The summed E-state index contributed by atoms with van der Waals surface area (Å²) in [5.41, 5.74) is 2.17. The van der Waals surface area contributed by atoms with E-state index in [4.69, 9.17) is 0 Å². The first kappa shape index (κ1) is 14.8. The van der Waals surface area contributed by atoms with Gasteiger partial charge in [-0.15, -0.1) is 11.3 Å². The molecule has 2 aromatic heterocycles. The summed E-state index contributed by atoms with van der Waals surface area (Å²) in [5.74, 6) is 1.03. The molecule has 0 aliphatic carbocycles.